The first-order chi connectivity index (χ1) is 9.58. The number of hydrogen-bond donors (Lipinski definition) is 1. The summed E-state index contributed by atoms with van der Waals surface area (Å²) in [6.45, 7) is 11.5. The van der Waals surface area contributed by atoms with Gasteiger partial charge < -0.3 is 10.1 Å². The number of rotatable bonds is 10. The molecule has 5 heteroatoms. The van der Waals surface area contributed by atoms with Crippen LogP contribution in [0.15, 0.2) is 6.33 Å². The SMILES string of the molecule is CCC(CC)(CNCCOC)Cc1ncnn1C(C)C. The minimum absolute atomic E-state index is 0.243. The van der Waals surface area contributed by atoms with Crippen molar-refractivity contribution in [2.24, 2.45) is 5.41 Å². The topological polar surface area (TPSA) is 52.0 Å². The summed E-state index contributed by atoms with van der Waals surface area (Å²) in [6, 6.07) is 0.361. The number of nitrogens with one attached hydrogen (secondary N) is 1. The molecule has 0 aliphatic heterocycles. The van der Waals surface area contributed by atoms with E-state index in [-0.39, 0.29) is 5.41 Å². The Balaban J connectivity index is 2.72. The molecule has 0 saturated heterocycles. The third kappa shape index (κ3) is 4.56. The lowest BCUT2D eigenvalue weighted by atomic mass is 9.78. The van der Waals surface area contributed by atoms with Crippen LogP contribution in [0.1, 0.15) is 52.4 Å². The molecule has 0 bridgehead atoms. The van der Waals surface area contributed by atoms with Gasteiger partial charge in [-0.05, 0) is 32.1 Å². The van der Waals surface area contributed by atoms with E-state index in [9.17, 15) is 0 Å². The van der Waals surface area contributed by atoms with Crippen LogP contribution in [0.3, 0.4) is 0 Å². The molecule has 1 aromatic rings. The molecule has 0 amide bonds. The van der Waals surface area contributed by atoms with Gasteiger partial charge in [0, 0.05) is 32.7 Å². The summed E-state index contributed by atoms with van der Waals surface area (Å²) in [7, 11) is 1.74. The van der Waals surface area contributed by atoms with Crippen LogP contribution in [-0.4, -0.2) is 41.6 Å². The average Bonchev–Trinajstić information content (AvgIpc) is 2.90. The van der Waals surface area contributed by atoms with Crippen molar-refractivity contribution in [3.8, 4) is 0 Å². The van der Waals surface area contributed by atoms with E-state index in [2.05, 4.69) is 43.1 Å². The van der Waals surface area contributed by atoms with Gasteiger partial charge in [0.05, 0.1) is 6.61 Å². The predicted octanol–water partition coefficient (Wildman–Crippen LogP) is 2.44. The Labute approximate surface area is 123 Å². The summed E-state index contributed by atoms with van der Waals surface area (Å²) < 4.78 is 7.13. The number of aromatic nitrogens is 3. The lowest BCUT2D eigenvalue weighted by Gasteiger charge is -2.32. The number of methoxy groups -OCH3 is 1. The fourth-order valence-corrected chi connectivity index (χ4v) is 2.51. The Morgan fingerprint density at radius 1 is 1.35 bits per heavy atom. The molecule has 0 radical (unpaired) electrons. The van der Waals surface area contributed by atoms with Crippen molar-refractivity contribution < 1.29 is 4.74 Å². The Hall–Kier alpha value is -0.940. The molecule has 0 saturated carbocycles. The zero-order valence-electron chi connectivity index (χ0n) is 13.6. The maximum absolute atomic E-state index is 5.09. The average molecular weight is 282 g/mol. The van der Waals surface area contributed by atoms with Crippen molar-refractivity contribution in [1.82, 2.24) is 20.1 Å². The highest BCUT2D eigenvalue weighted by atomic mass is 16.5. The van der Waals surface area contributed by atoms with E-state index < -0.39 is 0 Å². The second kappa shape index (κ2) is 8.37. The Morgan fingerprint density at radius 2 is 2.05 bits per heavy atom. The number of hydrogen-bond acceptors (Lipinski definition) is 4. The van der Waals surface area contributed by atoms with Gasteiger partial charge in [0.1, 0.15) is 12.2 Å². The largest absolute Gasteiger partial charge is 0.383 e. The molecule has 0 fully saturated rings. The zero-order chi connectivity index (χ0) is 15.0. The highest BCUT2D eigenvalue weighted by Crippen LogP contribution is 2.30. The fraction of sp³-hybridized carbons (Fsp3) is 0.867. The van der Waals surface area contributed by atoms with Gasteiger partial charge in [0.25, 0.3) is 0 Å². The molecular weight excluding hydrogens is 252 g/mol. The third-order valence-electron chi connectivity index (χ3n) is 4.15. The van der Waals surface area contributed by atoms with Gasteiger partial charge in [0.15, 0.2) is 0 Å². The number of nitrogens with zero attached hydrogens (tertiary/aromatic N) is 3. The molecule has 0 unspecified atom stereocenters. The molecule has 1 rings (SSSR count). The van der Waals surface area contributed by atoms with Crippen LogP contribution in [-0.2, 0) is 11.2 Å². The van der Waals surface area contributed by atoms with Gasteiger partial charge in [-0.3, -0.25) is 0 Å². The summed E-state index contributed by atoms with van der Waals surface area (Å²) in [5.74, 6) is 1.09. The van der Waals surface area contributed by atoms with Gasteiger partial charge in [-0.2, -0.15) is 5.10 Å². The highest BCUT2D eigenvalue weighted by Gasteiger charge is 2.28. The standard InChI is InChI=1S/C15H30N4O/c1-6-15(7-2,11-16-8-9-20-5)10-14-17-12-18-19(14)13(3)4/h12-13,16H,6-11H2,1-5H3. The van der Waals surface area contributed by atoms with Gasteiger partial charge >= 0.3 is 0 Å². The molecule has 0 atom stereocenters. The summed E-state index contributed by atoms with van der Waals surface area (Å²) in [6.07, 6.45) is 4.91. The van der Waals surface area contributed by atoms with E-state index in [4.69, 9.17) is 4.74 Å². The lowest BCUT2D eigenvalue weighted by molar-refractivity contribution is 0.184. The normalized spacial score (nSPS) is 12.3. The number of ether oxygens (including phenoxy) is 1. The molecule has 5 nitrogen and oxygen atoms in total. The minimum Gasteiger partial charge on any atom is -0.383 e. The Morgan fingerprint density at radius 3 is 2.60 bits per heavy atom. The van der Waals surface area contributed by atoms with Gasteiger partial charge in [-0.25, -0.2) is 9.67 Å². The van der Waals surface area contributed by atoms with Crippen molar-refractivity contribution in [3.05, 3.63) is 12.2 Å². The monoisotopic (exact) mass is 282 g/mol. The maximum Gasteiger partial charge on any atom is 0.138 e. The maximum atomic E-state index is 5.09. The van der Waals surface area contributed by atoms with E-state index in [1.54, 1.807) is 13.4 Å². The van der Waals surface area contributed by atoms with Gasteiger partial charge in [0.2, 0.25) is 0 Å². The second-order valence-corrected chi connectivity index (χ2v) is 5.77. The molecule has 1 N–H and O–H groups in total. The van der Waals surface area contributed by atoms with Gasteiger partial charge in [-0.15, -0.1) is 0 Å². The third-order valence-corrected chi connectivity index (χ3v) is 4.15. The summed E-state index contributed by atoms with van der Waals surface area (Å²) in [4.78, 5) is 4.46. The van der Waals surface area contributed by atoms with Crippen LogP contribution in [0.25, 0.3) is 0 Å². The molecule has 0 aliphatic rings. The smallest absolute Gasteiger partial charge is 0.138 e. The van der Waals surface area contributed by atoms with Crippen LogP contribution in [0, 0.1) is 5.41 Å². The molecule has 1 heterocycles. The Kier molecular flexibility index (Phi) is 7.16. The Bertz CT molecular complexity index is 372. The summed E-state index contributed by atoms with van der Waals surface area (Å²) >= 11 is 0. The zero-order valence-corrected chi connectivity index (χ0v) is 13.6. The second-order valence-electron chi connectivity index (χ2n) is 5.77. The fourth-order valence-electron chi connectivity index (χ4n) is 2.51. The van der Waals surface area contributed by atoms with E-state index >= 15 is 0 Å². The van der Waals surface area contributed by atoms with Crippen LogP contribution in [0.2, 0.25) is 0 Å². The van der Waals surface area contributed by atoms with Crippen LogP contribution >= 0.6 is 0 Å². The highest BCUT2D eigenvalue weighted by molar-refractivity contribution is 4.95. The van der Waals surface area contributed by atoms with Crippen molar-refractivity contribution in [2.45, 2.75) is 53.0 Å². The van der Waals surface area contributed by atoms with E-state index in [0.29, 0.717) is 6.04 Å². The van der Waals surface area contributed by atoms with E-state index in [1.165, 1.54) is 0 Å². The minimum atomic E-state index is 0.243. The van der Waals surface area contributed by atoms with Crippen molar-refractivity contribution in [2.75, 3.05) is 26.8 Å². The summed E-state index contributed by atoms with van der Waals surface area (Å²) in [5, 5.41) is 7.85. The van der Waals surface area contributed by atoms with Crippen molar-refractivity contribution >= 4 is 0 Å². The molecule has 0 aromatic carbocycles. The first-order valence-electron chi connectivity index (χ1n) is 7.66. The quantitative estimate of drug-likeness (QED) is 0.670. The van der Waals surface area contributed by atoms with Gasteiger partial charge in [-0.1, -0.05) is 13.8 Å². The molecule has 1 aromatic heterocycles. The molecule has 116 valence electrons. The molecule has 0 aliphatic carbocycles. The van der Waals surface area contributed by atoms with E-state index in [0.717, 1.165) is 44.8 Å². The van der Waals surface area contributed by atoms with Crippen LogP contribution < -0.4 is 5.32 Å². The first-order valence-corrected chi connectivity index (χ1v) is 7.66. The van der Waals surface area contributed by atoms with Crippen LogP contribution in [0.4, 0.5) is 0 Å². The predicted molar refractivity (Wildman–Crippen MR) is 81.9 cm³/mol. The molecule has 0 spiro atoms. The van der Waals surface area contributed by atoms with Crippen LogP contribution in [0.5, 0.6) is 0 Å². The lowest BCUT2D eigenvalue weighted by Crippen LogP contribution is -2.37. The molecular formula is C15H30N4O. The first kappa shape index (κ1) is 17.1. The summed E-state index contributed by atoms with van der Waals surface area (Å²) in [5.41, 5.74) is 0.243. The molecule has 20 heavy (non-hydrogen) atoms. The van der Waals surface area contributed by atoms with E-state index in [1.807, 2.05) is 4.68 Å². The van der Waals surface area contributed by atoms with Crippen molar-refractivity contribution in [1.29, 1.82) is 0 Å². The van der Waals surface area contributed by atoms with Crippen molar-refractivity contribution in [3.63, 3.8) is 0 Å².